The molecule has 1 aliphatic heterocycles. The molecule has 12 heteroatoms. The summed E-state index contributed by atoms with van der Waals surface area (Å²) in [6, 6.07) is -3.57. The molecule has 0 aromatic heterocycles. The largest absolute Gasteiger partial charge is 0.464 e. The first-order chi connectivity index (χ1) is 21.4. The molecular weight excluding hydrogens is 578 g/mol. The number of urea groups is 1. The molecule has 2 saturated carbocycles. The lowest BCUT2D eigenvalue weighted by atomic mass is 9.85. The van der Waals surface area contributed by atoms with Gasteiger partial charge < -0.3 is 30.9 Å². The minimum atomic E-state index is -1.02. The zero-order chi connectivity index (χ0) is 33.4. The summed E-state index contributed by atoms with van der Waals surface area (Å²) in [7, 11) is 0. The fourth-order valence-corrected chi connectivity index (χ4v) is 5.29. The molecule has 3 atom stereocenters. The first-order valence-corrected chi connectivity index (χ1v) is 16.6. The summed E-state index contributed by atoms with van der Waals surface area (Å²) >= 11 is 0. The van der Waals surface area contributed by atoms with E-state index in [1.54, 1.807) is 20.8 Å². The Morgan fingerprint density at radius 2 is 1.53 bits per heavy atom. The van der Waals surface area contributed by atoms with Crippen LogP contribution in [0.25, 0.3) is 0 Å². The molecule has 3 rings (SSSR count). The summed E-state index contributed by atoms with van der Waals surface area (Å²) in [5.41, 5.74) is -0.714. The molecule has 2 aliphatic carbocycles. The third-order valence-corrected chi connectivity index (χ3v) is 8.14. The maximum absolute atomic E-state index is 13.6. The van der Waals surface area contributed by atoms with Gasteiger partial charge in [-0.1, -0.05) is 78.7 Å². The van der Waals surface area contributed by atoms with E-state index < -0.39 is 59.0 Å². The van der Waals surface area contributed by atoms with Crippen molar-refractivity contribution in [2.24, 2.45) is 11.3 Å². The van der Waals surface area contributed by atoms with Crippen LogP contribution in [0.1, 0.15) is 105 Å². The average Bonchev–Trinajstić information content (AvgIpc) is 3.72. The Morgan fingerprint density at radius 3 is 2.07 bits per heavy atom. The minimum Gasteiger partial charge on any atom is -0.464 e. The number of rotatable bonds is 14. The molecule has 3 unspecified atom stereocenters. The lowest BCUT2D eigenvalue weighted by Gasteiger charge is -2.35. The Bertz CT molecular complexity index is 1020. The molecule has 4 N–H and O–H groups in total. The standard InChI is InChI=1S/C27H43N5O7.C6H12/c1-6-9-18(21(34)24(36)28-13-7-2)30-23(35)19-10-8-14-32(19)25(37)22(27(3,4)5)31-26(38)29-15-20(33)39-16-17-11-12-17;1-2-4-6-5-3-1/h7,17-19,22H,2,6,8-16H2,1,3-5H3,(H,28,36)(H,30,35)(H2,29,31,38);1-6H2. The van der Waals surface area contributed by atoms with Crippen molar-refractivity contribution in [2.75, 3.05) is 26.2 Å². The molecule has 254 valence electrons. The Kier molecular flexibility index (Phi) is 16.1. The molecule has 3 aliphatic rings. The predicted molar refractivity (Wildman–Crippen MR) is 171 cm³/mol. The maximum Gasteiger partial charge on any atom is 0.325 e. The highest BCUT2D eigenvalue weighted by atomic mass is 16.5. The monoisotopic (exact) mass is 633 g/mol. The summed E-state index contributed by atoms with van der Waals surface area (Å²) in [6.45, 7) is 11.1. The van der Waals surface area contributed by atoms with Crippen LogP contribution in [0.2, 0.25) is 0 Å². The Balaban J connectivity index is 0.00000105. The average molecular weight is 634 g/mol. The van der Waals surface area contributed by atoms with Crippen molar-refractivity contribution >= 4 is 35.5 Å². The van der Waals surface area contributed by atoms with Crippen LogP contribution < -0.4 is 21.3 Å². The van der Waals surface area contributed by atoms with Crippen LogP contribution in [0.15, 0.2) is 12.7 Å². The van der Waals surface area contributed by atoms with Gasteiger partial charge in [-0.2, -0.15) is 0 Å². The summed E-state index contributed by atoms with van der Waals surface area (Å²) in [6.07, 6.45) is 14.3. The van der Waals surface area contributed by atoms with Gasteiger partial charge in [-0.3, -0.25) is 24.0 Å². The first-order valence-electron chi connectivity index (χ1n) is 16.6. The minimum absolute atomic E-state index is 0.124. The van der Waals surface area contributed by atoms with Crippen molar-refractivity contribution in [2.45, 2.75) is 123 Å². The van der Waals surface area contributed by atoms with Gasteiger partial charge in [0.15, 0.2) is 0 Å². The molecule has 1 heterocycles. The van der Waals surface area contributed by atoms with Gasteiger partial charge in [0.1, 0.15) is 18.6 Å². The molecule has 45 heavy (non-hydrogen) atoms. The fourth-order valence-electron chi connectivity index (χ4n) is 5.29. The number of carbonyl (C=O) groups excluding carboxylic acids is 6. The van der Waals surface area contributed by atoms with E-state index in [1.807, 2.05) is 6.92 Å². The van der Waals surface area contributed by atoms with Crippen LogP contribution in [0, 0.1) is 11.3 Å². The maximum atomic E-state index is 13.6. The second-order valence-electron chi connectivity index (χ2n) is 13.3. The summed E-state index contributed by atoms with van der Waals surface area (Å²) in [5, 5.41) is 10.2. The van der Waals surface area contributed by atoms with E-state index in [1.165, 1.54) is 49.5 Å². The van der Waals surface area contributed by atoms with E-state index in [0.29, 0.717) is 38.3 Å². The molecule has 3 fully saturated rings. The number of ether oxygens (including phenoxy) is 1. The van der Waals surface area contributed by atoms with Gasteiger partial charge >= 0.3 is 12.0 Å². The van der Waals surface area contributed by atoms with E-state index in [0.717, 1.165) is 12.8 Å². The van der Waals surface area contributed by atoms with E-state index in [2.05, 4.69) is 27.8 Å². The summed E-state index contributed by atoms with van der Waals surface area (Å²) < 4.78 is 5.10. The van der Waals surface area contributed by atoms with E-state index >= 15 is 0 Å². The lowest BCUT2D eigenvalue weighted by molar-refractivity contribution is -0.143. The topological polar surface area (TPSA) is 163 Å². The van der Waals surface area contributed by atoms with Gasteiger partial charge in [-0.25, -0.2) is 4.79 Å². The molecule has 0 aromatic carbocycles. The quantitative estimate of drug-likeness (QED) is 0.130. The first kappa shape index (κ1) is 37.7. The number of ketones is 1. The summed E-state index contributed by atoms with van der Waals surface area (Å²) in [4.78, 5) is 77.4. The van der Waals surface area contributed by atoms with Crippen molar-refractivity contribution in [3.05, 3.63) is 12.7 Å². The van der Waals surface area contributed by atoms with Crippen molar-refractivity contribution in [3.63, 3.8) is 0 Å². The van der Waals surface area contributed by atoms with Gasteiger partial charge in [0.25, 0.3) is 5.91 Å². The number of nitrogens with one attached hydrogen (secondary N) is 4. The molecule has 12 nitrogen and oxygen atoms in total. The molecule has 0 spiro atoms. The van der Waals surface area contributed by atoms with Crippen molar-refractivity contribution < 1.29 is 33.5 Å². The van der Waals surface area contributed by atoms with Crippen LogP contribution in [0.4, 0.5) is 4.79 Å². The van der Waals surface area contributed by atoms with E-state index in [9.17, 15) is 28.8 Å². The number of Topliss-reactive ketones (excluding diaryl/α,β-unsaturated/α-hetero) is 1. The van der Waals surface area contributed by atoms with Crippen LogP contribution in [-0.2, 0) is 28.7 Å². The number of carbonyl (C=O) groups is 6. The Labute approximate surface area is 268 Å². The smallest absolute Gasteiger partial charge is 0.325 e. The zero-order valence-corrected chi connectivity index (χ0v) is 27.7. The van der Waals surface area contributed by atoms with Crippen LogP contribution >= 0.6 is 0 Å². The van der Waals surface area contributed by atoms with Crippen LogP contribution in [0.3, 0.4) is 0 Å². The number of esters is 1. The third kappa shape index (κ3) is 13.6. The molecule has 0 aromatic rings. The van der Waals surface area contributed by atoms with Gasteiger partial charge in [0, 0.05) is 13.1 Å². The SMILES string of the molecule is C1CCCCC1.C=CCNC(=O)C(=O)C(CCC)NC(=O)C1CCCN1C(=O)C(NC(=O)NCC(=O)OCC1CC1)C(C)(C)C. The number of nitrogens with zero attached hydrogens (tertiary/aromatic N) is 1. The number of amides is 5. The predicted octanol–water partition coefficient (Wildman–Crippen LogP) is 3.14. The fraction of sp³-hybridized carbons (Fsp3) is 0.758. The molecule has 1 saturated heterocycles. The van der Waals surface area contributed by atoms with Crippen LogP contribution in [-0.4, -0.2) is 84.8 Å². The highest BCUT2D eigenvalue weighted by Crippen LogP contribution is 2.29. The van der Waals surface area contributed by atoms with Crippen LogP contribution in [0.5, 0.6) is 0 Å². The molecule has 0 radical (unpaired) electrons. The second kappa shape index (κ2) is 19.2. The molecule has 5 amide bonds. The summed E-state index contributed by atoms with van der Waals surface area (Å²) in [5.74, 6) is -2.70. The van der Waals surface area contributed by atoms with E-state index in [-0.39, 0.29) is 19.5 Å². The van der Waals surface area contributed by atoms with Gasteiger partial charge in [0.05, 0.1) is 12.6 Å². The van der Waals surface area contributed by atoms with Gasteiger partial charge in [-0.15, -0.1) is 6.58 Å². The molecule has 0 bridgehead atoms. The Hall–Kier alpha value is -3.44. The van der Waals surface area contributed by atoms with Gasteiger partial charge in [0.2, 0.25) is 17.6 Å². The van der Waals surface area contributed by atoms with Crippen molar-refractivity contribution in [1.82, 2.24) is 26.2 Å². The third-order valence-electron chi connectivity index (χ3n) is 8.14. The zero-order valence-electron chi connectivity index (χ0n) is 27.7. The van der Waals surface area contributed by atoms with Crippen molar-refractivity contribution in [1.29, 1.82) is 0 Å². The number of hydrogen-bond acceptors (Lipinski definition) is 7. The Morgan fingerprint density at radius 1 is 0.911 bits per heavy atom. The van der Waals surface area contributed by atoms with E-state index in [4.69, 9.17) is 4.74 Å². The normalized spacial score (nSPS) is 19.1. The van der Waals surface area contributed by atoms with Crippen molar-refractivity contribution in [3.8, 4) is 0 Å². The second-order valence-corrected chi connectivity index (χ2v) is 13.3. The lowest BCUT2D eigenvalue weighted by Crippen LogP contribution is -2.60. The van der Waals surface area contributed by atoms with Gasteiger partial charge in [-0.05, 0) is 43.4 Å². The highest BCUT2D eigenvalue weighted by Gasteiger charge is 2.42. The molecular formula is C33H55N5O7. The number of hydrogen-bond donors (Lipinski definition) is 4. The number of likely N-dealkylation sites (tertiary alicyclic amines) is 1. The highest BCUT2D eigenvalue weighted by molar-refractivity contribution is 6.38.